The second-order valence-electron chi connectivity index (χ2n) is 4.10. The molecule has 0 fully saturated rings. The molecule has 104 valence electrons. The van der Waals surface area contributed by atoms with Gasteiger partial charge in [0.2, 0.25) is 11.1 Å². The molecule has 1 aromatic heterocycles. The Balaban J connectivity index is 1.99. The van der Waals surface area contributed by atoms with Crippen LogP contribution in [-0.4, -0.2) is 32.5 Å². The lowest BCUT2D eigenvalue weighted by Crippen LogP contribution is -2.30. The molecule has 1 N–H and O–H groups in total. The normalized spacial score (nSPS) is 11.8. The third-order valence-electron chi connectivity index (χ3n) is 2.56. The summed E-state index contributed by atoms with van der Waals surface area (Å²) < 4.78 is 1.69. The zero-order valence-corrected chi connectivity index (χ0v) is 12.0. The van der Waals surface area contributed by atoms with E-state index >= 15 is 0 Å². The maximum atomic E-state index is 11.7. The summed E-state index contributed by atoms with van der Waals surface area (Å²) in [5.74, 6) is -0.0500. The third-order valence-corrected chi connectivity index (χ3v) is 3.53. The van der Waals surface area contributed by atoms with Gasteiger partial charge in [-0.25, -0.2) is 9.67 Å². The molecule has 0 saturated heterocycles. The number of thioether (sulfide) groups is 1. The lowest BCUT2D eigenvalue weighted by molar-refractivity contribution is -0.120. The van der Waals surface area contributed by atoms with Crippen LogP contribution in [0.5, 0.6) is 0 Å². The van der Waals surface area contributed by atoms with Crippen molar-refractivity contribution in [1.29, 1.82) is 0 Å². The summed E-state index contributed by atoms with van der Waals surface area (Å²) in [5.41, 5.74) is 0.940. The first-order valence-electron chi connectivity index (χ1n) is 6.23. The van der Waals surface area contributed by atoms with Crippen molar-refractivity contribution >= 4 is 17.7 Å². The molecule has 1 atom stereocenters. The maximum absolute atomic E-state index is 11.7. The number of rotatable bonds is 6. The monoisotopic (exact) mass is 288 g/mol. The Labute approximate surface area is 122 Å². The molecule has 0 aliphatic rings. The number of amides is 1. The van der Waals surface area contributed by atoms with E-state index in [4.69, 9.17) is 0 Å². The molecule has 2 aromatic rings. The van der Waals surface area contributed by atoms with E-state index in [1.807, 2.05) is 37.3 Å². The summed E-state index contributed by atoms with van der Waals surface area (Å²) >= 11 is 1.33. The minimum absolute atomic E-state index is 0.0500. The molecule has 0 aliphatic carbocycles. The Kier molecular flexibility index (Phi) is 4.95. The number of carbonyl (C=O) groups is 1. The molecule has 1 amide bonds. The standard InChI is InChI=1S/C14H16N4OS/c1-3-9-15-13(19)11(2)20-14-16-10-18(17-14)12-7-5-4-6-8-12/h3-8,10-11H,1,9H2,2H3,(H,15,19). The van der Waals surface area contributed by atoms with Crippen LogP contribution in [0.1, 0.15) is 6.92 Å². The van der Waals surface area contributed by atoms with Crippen molar-refractivity contribution in [3.8, 4) is 5.69 Å². The summed E-state index contributed by atoms with van der Waals surface area (Å²) in [6.45, 7) is 5.86. The van der Waals surface area contributed by atoms with Gasteiger partial charge < -0.3 is 5.32 Å². The van der Waals surface area contributed by atoms with Crippen molar-refractivity contribution < 1.29 is 4.79 Å². The average Bonchev–Trinajstić information content (AvgIpc) is 2.94. The fourth-order valence-corrected chi connectivity index (χ4v) is 2.28. The molecule has 5 nitrogen and oxygen atoms in total. The van der Waals surface area contributed by atoms with Crippen LogP contribution in [0.2, 0.25) is 0 Å². The number of hydrogen-bond donors (Lipinski definition) is 1. The van der Waals surface area contributed by atoms with Gasteiger partial charge >= 0.3 is 0 Å². The van der Waals surface area contributed by atoms with E-state index in [0.717, 1.165) is 5.69 Å². The van der Waals surface area contributed by atoms with Gasteiger partial charge in [-0.15, -0.1) is 11.7 Å². The van der Waals surface area contributed by atoms with Crippen LogP contribution in [0.4, 0.5) is 0 Å². The maximum Gasteiger partial charge on any atom is 0.233 e. The highest BCUT2D eigenvalue weighted by molar-refractivity contribution is 8.00. The molecular formula is C14H16N4OS. The van der Waals surface area contributed by atoms with Crippen LogP contribution in [0.25, 0.3) is 5.69 Å². The van der Waals surface area contributed by atoms with Crippen molar-refractivity contribution in [2.45, 2.75) is 17.3 Å². The van der Waals surface area contributed by atoms with E-state index in [2.05, 4.69) is 22.0 Å². The molecule has 1 aromatic carbocycles. The molecule has 0 saturated carbocycles. The molecule has 2 rings (SSSR count). The highest BCUT2D eigenvalue weighted by Gasteiger charge is 2.16. The van der Waals surface area contributed by atoms with Crippen LogP contribution in [0, 0.1) is 0 Å². The molecule has 0 radical (unpaired) electrons. The van der Waals surface area contributed by atoms with E-state index in [-0.39, 0.29) is 11.2 Å². The molecule has 0 spiro atoms. The Hall–Kier alpha value is -2.08. The second kappa shape index (κ2) is 6.91. The van der Waals surface area contributed by atoms with Gasteiger partial charge in [0.05, 0.1) is 10.9 Å². The van der Waals surface area contributed by atoms with Crippen molar-refractivity contribution in [2.75, 3.05) is 6.54 Å². The fraction of sp³-hybridized carbons (Fsp3) is 0.214. The zero-order valence-electron chi connectivity index (χ0n) is 11.2. The van der Waals surface area contributed by atoms with E-state index in [0.29, 0.717) is 11.7 Å². The number of aromatic nitrogens is 3. The zero-order chi connectivity index (χ0) is 14.4. The first kappa shape index (κ1) is 14.3. The van der Waals surface area contributed by atoms with Crippen LogP contribution in [0.3, 0.4) is 0 Å². The summed E-state index contributed by atoms with van der Waals surface area (Å²) in [6.07, 6.45) is 3.30. The number of nitrogens with zero attached hydrogens (tertiary/aromatic N) is 3. The van der Waals surface area contributed by atoms with E-state index in [1.54, 1.807) is 17.1 Å². The quantitative estimate of drug-likeness (QED) is 0.653. The van der Waals surface area contributed by atoms with Crippen LogP contribution < -0.4 is 5.32 Å². The van der Waals surface area contributed by atoms with Gasteiger partial charge in [0.15, 0.2) is 0 Å². The predicted octanol–water partition coefficient (Wildman–Crippen LogP) is 2.05. The molecule has 6 heteroatoms. The number of carbonyl (C=O) groups excluding carboxylic acids is 1. The minimum Gasteiger partial charge on any atom is -0.352 e. The summed E-state index contributed by atoms with van der Waals surface area (Å²) in [4.78, 5) is 16.0. The Morgan fingerprint density at radius 2 is 2.25 bits per heavy atom. The third kappa shape index (κ3) is 3.71. The van der Waals surface area contributed by atoms with Crippen LogP contribution >= 0.6 is 11.8 Å². The second-order valence-corrected chi connectivity index (χ2v) is 5.41. The van der Waals surface area contributed by atoms with E-state index < -0.39 is 0 Å². The van der Waals surface area contributed by atoms with Crippen molar-refractivity contribution in [1.82, 2.24) is 20.1 Å². The summed E-state index contributed by atoms with van der Waals surface area (Å²) in [5, 5.41) is 7.43. The number of hydrogen-bond acceptors (Lipinski definition) is 4. The van der Waals surface area contributed by atoms with Crippen molar-refractivity contribution in [3.05, 3.63) is 49.3 Å². The van der Waals surface area contributed by atoms with Crippen LogP contribution in [-0.2, 0) is 4.79 Å². The molecule has 1 unspecified atom stereocenters. The van der Waals surface area contributed by atoms with Gasteiger partial charge in [-0.3, -0.25) is 4.79 Å². The molecule has 0 bridgehead atoms. The predicted molar refractivity (Wildman–Crippen MR) is 79.9 cm³/mol. The summed E-state index contributed by atoms with van der Waals surface area (Å²) in [6, 6.07) is 9.72. The number of para-hydroxylation sites is 1. The molecule has 20 heavy (non-hydrogen) atoms. The minimum atomic E-state index is -0.249. The largest absolute Gasteiger partial charge is 0.352 e. The Morgan fingerprint density at radius 1 is 1.50 bits per heavy atom. The lowest BCUT2D eigenvalue weighted by atomic mass is 10.3. The fourth-order valence-electron chi connectivity index (χ4n) is 1.54. The van der Waals surface area contributed by atoms with Crippen molar-refractivity contribution in [2.24, 2.45) is 0 Å². The topological polar surface area (TPSA) is 59.8 Å². The summed E-state index contributed by atoms with van der Waals surface area (Å²) in [7, 11) is 0. The smallest absolute Gasteiger partial charge is 0.233 e. The van der Waals surface area contributed by atoms with Gasteiger partial charge in [0.1, 0.15) is 6.33 Å². The highest BCUT2D eigenvalue weighted by atomic mass is 32.2. The molecular weight excluding hydrogens is 272 g/mol. The lowest BCUT2D eigenvalue weighted by Gasteiger charge is -2.08. The highest BCUT2D eigenvalue weighted by Crippen LogP contribution is 2.19. The SMILES string of the molecule is C=CCNC(=O)C(C)Sc1ncn(-c2ccccc2)n1. The van der Waals surface area contributed by atoms with Crippen molar-refractivity contribution in [3.63, 3.8) is 0 Å². The molecule has 0 aliphatic heterocycles. The van der Waals surface area contributed by atoms with Gasteiger partial charge in [-0.05, 0) is 19.1 Å². The number of benzene rings is 1. The van der Waals surface area contributed by atoms with Gasteiger partial charge in [0, 0.05) is 6.54 Å². The van der Waals surface area contributed by atoms with Gasteiger partial charge in [0.25, 0.3) is 0 Å². The van der Waals surface area contributed by atoms with Gasteiger partial charge in [-0.1, -0.05) is 36.0 Å². The molecule has 1 heterocycles. The number of nitrogens with one attached hydrogen (secondary N) is 1. The van der Waals surface area contributed by atoms with E-state index in [9.17, 15) is 4.79 Å². The van der Waals surface area contributed by atoms with Gasteiger partial charge in [-0.2, -0.15) is 0 Å². The average molecular weight is 288 g/mol. The van der Waals surface area contributed by atoms with Crippen LogP contribution in [0.15, 0.2) is 54.5 Å². The first-order valence-corrected chi connectivity index (χ1v) is 7.11. The first-order chi connectivity index (χ1) is 9.70. The van der Waals surface area contributed by atoms with E-state index in [1.165, 1.54) is 11.8 Å². The Morgan fingerprint density at radius 3 is 2.95 bits per heavy atom. The Bertz CT molecular complexity index is 582.